The molecule has 2 rings (SSSR count). The summed E-state index contributed by atoms with van der Waals surface area (Å²) in [5, 5.41) is 6.61. The number of nitrogens with zero attached hydrogens (tertiary/aromatic N) is 2. The van der Waals surface area contributed by atoms with Crippen LogP contribution < -0.4 is 10.6 Å². The van der Waals surface area contributed by atoms with Crippen molar-refractivity contribution >= 4 is 28.9 Å². The molecule has 0 amide bonds. The Bertz CT molecular complexity index is 604. The van der Waals surface area contributed by atoms with Gasteiger partial charge in [-0.05, 0) is 31.5 Å². The molecule has 1 aromatic heterocycles. The summed E-state index contributed by atoms with van der Waals surface area (Å²) in [6.45, 7) is 4.75. The minimum atomic E-state index is -0.375. The van der Waals surface area contributed by atoms with Crippen molar-refractivity contribution in [3.8, 4) is 0 Å². The standard InChI is InChI=1S/C14H16ClFN4/c1-3-10-13(17-4-2)18-8-19-14(10)20-12-7-9(15)5-6-11(12)16/h5-8H,3-4H2,1-2H3,(H2,17,18,19,20). The molecule has 0 aliphatic carbocycles. The molecule has 106 valence electrons. The third-order valence-electron chi connectivity index (χ3n) is 2.82. The molecule has 0 bridgehead atoms. The molecule has 4 nitrogen and oxygen atoms in total. The van der Waals surface area contributed by atoms with E-state index in [9.17, 15) is 4.39 Å². The molecule has 0 aliphatic rings. The lowest BCUT2D eigenvalue weighted by Crippen LogP contribution is -2.08. The first-order valence-corrected chi connectivity index (χ1v) is 6.83. The van der Waals surface area contributed by atoms with Crippen LogP contribution in [-0.4, -0.2) is 16.5 Å². The summed E-state index contributed by atoms with van der Waals surface area (Å²) < 4.78 is 13.8. The van der Waals surface area contributed by atoms with Gasteiger partial charge in [-0.15, -0.1) is 0 Å². The van der Waals surface area contributed by atoms with Gasteiger partial charge < -0.3 is 10.6 Å². The molecular weight excluding hydrogens is 279 g/mol. The fraction of sp³-hybridized carbons (Fsp3) is 0.286. The molecule has 1 aromatic carbocycles. The topological polar surface area (TPSA) is 49.8 Å². The Kier molecular flexibility index (Phi) is 4.74. The van der Waals surface area contributed by atoms with Gasteiger partial charge in [0.2, 0.25) is 0 Å². The first kappa shape index (κ1) is 14.5. The molecule has 1 heterocycles. The van der Waals surface area contributed by atoms with Gasteiger partial charge in [0.05, 0.1) is 5.69 Å². The molecule has 0 unspecified atom stereocenters. The van der Waals surface area contributed by atoms with Crippen LogP contribution in [0.2, 0.25) is 5.02 Å². The van der Waals surface area contributed by atoms with Crippen molar-refractivity contribution in [3.63, 3.8) is 0 Å². The molecule has 0 saturated heterocycles. The molecule has 0 fully saturated rings. The maximum Gasteiger partial charge on any atom is 0.146 e. The van der Waals surface area contributed by atoms with E-state index in [1.165, 1.54) is 24.5 Å². The van der Waals surface area contributed by atoms with E-state index < -0.39 is 0 Å². The fourth-order valence-corrected chi connectivity index (χ4v) is 2.07. The van der Waals surface area contributed by atoms with E-state index in [0.29, 0.717) is 16.5 Å². The number of anilines is 3. The zero-order valence-electron chi connectivity index (χ0n) is 11.4. The summed E-state index contributed by atoms with van der Waals surface area (Å²) in [6, 6.07) is 4.36. The molecule has 0 atom stereocenters. The third-order valence-corrected chi connectivity index (χ3v) is 3.06. The van der Waals surface area contributed by atoms with Crippen LogP contribution in [0.5, 0.6) is 0 Å². The quantitative estimate of drug-likeness (QED) is 0.875. The van der Waals surface area contributed by atoms with Gasteiger partial charge in [-0.2, -0.15) is 0 Å². The fourth-order valence-electron chi connectivity index (χ4n) is 1.90. The Labute approximate surface area is 122 Å². The average Bonchev–Trinajstić information content (AvgIpc) is 2.43. The summed E-state index contributed by atoms with van der Waals surface area (Å²) in [5.41, 5.74) is 1.21. The minimum Gasteiger partial charge on any atom is -0.370 e. The second-order valence-corrected chi connectivity index (χ2v) is 4.62. The molecule has 0 spiro atoms. The van der Waals surface area contributed by atoms with Crippen molar-refractivity contribution in [2.24, 2.45) is 0 Å². The number of hydrogen-bond donors (Lipinski definition) is 2. The Balaban J connectivity index is 2.37. The first-order chi connectivity index (χ1) is 9.65. The number of nitrogens with one attached hydrogen (secondary N) is 2. The van der Waals surface area contributed by atoms with Crippen molar-refractivity contribution in [2.75, 3.05) is 17.2 Å². The lowest BCUT2D eigenvalue weighted by atomic mass is 10.2. The van der Waals surface area contributed by atoms with E-state index in [1.54, 1.807) is 0 Å². The first-order valence-electron chi connectivity index (χ1n) is 6.45. The normalized spacial score (nSPS) is 10.4. The van der Waals surface area contributed by atoms with Crippen molar-refractivity contribution in [3.05, 3.63) is 40.9 Å². The van der Waals surface area contributed by atoms with Gasteiger partial charge in [0.15, 0.2) is 0 Å². The van der Waals surface area contributed by atoms with E-state index in [2.05, 4.69) is 20.6 Å². The van der Waals surface area contributed by atoms with Crippen LogP contribution in [0.1, 0.15) is 19.4 Å². The van der Waals surface area contributed by atoms with E-state index in [4.69, 9.17) is 11.6 Å². The van der Waals surface area contributed by atoms with Crippen LogP contribution in [0.15, 0.2) is 24.5 Å². The smallest absolute Gasteiger partial charge is 0.146 e. The summed E-state index contributed by atoms with van der Waals surface area (Å²) in [7, 11) is 0. The monoisotopic (exact) mass is 294 g/mol. The zero-order valence-corrected chi connectivity index (χ0v) is 12.1. The Morgan fingerprint density at radius 2 is 1.95 bits per heavy atom. The molecule has 0 radical (unpaired) electrons. The number of aromatic nitrogens is 2. The second kappa shape index (κ2) is 6.52. The minimum absolute atomic E-state index is 0.299. The predicted octanol–water partition coefficient (Wildman–Crippen LogP) is 4.01. The van der Waals surface area contributed by atoms with E-state index >= 15 is 0 Å². The average molecular weight is 295 g/mol. The van der Waals surface area contributed by atoms with Crippen LogP contribution in [0.25, 0.3) is 0 Å². The van der Waals surface area contributed by atoms with Gasteiger partial charge in [0.25, 0.3) is 0 Å². The van der Waals surface area contributed by atoms with Gasteiger partial charge in [0, 0.05) is 17.1 Å². The molecule has 2 aromatic rings. The number of benzene rings is 1. The predicted molar refractivity (Wildman–Crippen MR) is 80.3 cm³/mol. The highest BCUT2D eigenvalue weighted by atomic mass is 35.5. The van der Waals surface area contributed by atoms with Gasteiger partial charge in [-0.3, -0.25) is 0 Å². The maximum absolute atomic E-state index is 13.8. The highest BCUT2D eigenvalue weighted by molar-refractivity contribution is 6.30. The molecule has 0 saturated carbocycles. The van der Waals surface area contributed by atoms with E-state index in [-0.39, 0.29) is 5.82 Å². The number of halogens is 2. The van der Waals surface area contributed by atoms with Crippen molar-refractivity contribution in [1.29, 1.82) is 0 Å². The molecule has 0 aliphatic heterocycles. The van der Waals surface area contributed by atoms with Crippen LogP contribution >= 0.6 is 11.6 Å². The number of hydrogen-bond acceptors (Lipinski definition) is 4. The highest BCUT2D eigenvalue weighted by Gasteiger charge is 2.11. The van der Waals surface area contributed by atoms with E-state index in [0.717, 1.165) is 24.3 Å². The van der Waals surface area contributed by atoms with Gasteiger partial charge >= 0.3 is 0 Å². The van der Waals surface area contributed by atoms with Crippen LogP contribution in [0.3, 0.4) is 0 Å². The lowest BCUT2D eigenvalue weighted by molar-refractivity contribution is 0.631. The summed E-state index contributed by atoms with van der Waals surface area (Å²) in [4.78, 5) is 8.39. The summed E-state index contributed by atoms with van der Waals surface area (Å²) in [5.74, 6) is 0.967. The van der Waals surface area contributed by atoms with Crippen molar-refractivity contribution < 1.29 is 4.39 Å². The van der Waals surface area contributed by atoms with Gasteiger partial charge in [-0.1, -0.05) is 18.5 Å². The van der Waals surface area contributed by atoms with Gasteiger partial charge in [-0.25, -0.2) is 14.4 Å². The van der Waals surface area contributed by atoms with Crippen molar-refractivity contribution in [2.45, 2.75) is 20.3 Å². The Hall–Kier alpha value is -1.88. The second-order valence-electron chi connectivity index (χ2n) is 4.18. The summed E-state index contributed by atoms with van der Waals surface area (Å²) in [6.07, 6.45) is 2.18. The molecular formula is C14H16ClFN4. The Morgan fingerprint density at radius 1 is 1.20 bits per heavy atom. The largest absolute Gasteiger partial charge is 0.370 e. The van der Waals surface area contributed by atoms with Crippen LogP contribution in [0.4, 0.5) is 21.7 Å². The zero-order chi connectivity index (χ0) is 14.5. The summed E-state index contributed by atoms with van der Waals surface area (Å²) >= 11 is 5.89. The molecule has 20 heavy (non-hydrogen) atoms. The van der Waals surface area contributed by atoms with E-state index in [1.807, 2.05) is 13.8 Å². The van der Waals surface area contributed by atoms with Crippen LogP contribution in [-0.2, 0) is 6.42 Å². The van der Waals surface area contributed by atoms with Gasteiger partial charge in [0.1, 0.15) is 23.8 Å². The molecule has 2 N–H and O–H groups in total. The number of rotatable bonds is 5. The van der Waals surface area contributed by atoms with Crippen molar-refractivity contribution in [1.82, 2.24) is 9.97 Å². The Morgan fingerprint density at radius 3 is 2.65 bits per heavy atom. The third kappa shape index (κ3) is 3.17. The lowest BCUT2D eigenvalue weighted by Gasteiger charge is -2.14. The SMILES string of the molecule is CCNc1ncnc(Nc2cc(Cl)ccc2F)c1CC. The van der Waals surface area contributed by atoms with Crippen LogP contribution in [0, 0.1) is 5.82 Å². The molecule has 6 heteroatoms. The highest BCUT2D eigenvalue weighted by Crippen LogP contribution is 2.27. The maximum atomic E-state index is 13.8.